The lowest BCUT2D eigenvalue weighted by Gasteiger charge is -2.07. The van der Waals surface area contributed by atoms with Gasteiger partial charge in [0.05, 0.1) is 6.26 Å². The second-order valence-corrected chi connectivity index (χ2v) is 4.38. The van der Waals surface area contributed by atoms with Crippen molar-refractivity contribution in [1.29, 1.82) is 0 Å². The van der Waals surface area contributed by atoms with Gasteiger partial charge in [0.1, 0.15) is 0 Å². The predicted octanol–water partition coefficient (Wildman–Crippen LogP) is 2.24. The summed E-state index contributed by atoms with van der Waals surface area (Å²) >= 11 is 0. The number of carbonyl (C=O) groups excluding carboxylic acids is 2. The number of aliphatic hydroxyl groups is 1. The molecule has 21 heavy (non-hydrogen) atoms. The van der Waals surface area contributed by atoms with Gasteiger partial charge in [-0.2, -0.15) is 0 Å². The van der Waals surface area contributed by atoms with Crippen molar-refractivity contribution in [3.8, 4) is 0 Å². The first-order valence-corrected chi connectivity index (χ1v) is 6.54. The van der Waals surface area contributed by atoms with Gasteiger partial charge >= 0.3 is 0 Å². The number of hydrogen-bond acceptors (Lipinski definition) is 4. The lowest BCUT2D eigenvalue weighted by molar-refractivity contribution is -0.116. The van der Waals surface area contributed by atoms with Crippen molar-refractivity contribution in [2.75, 3.05) is 17.2 Å². The molecule has 0 radical (unpaired) electrons. The van der Waals surface area contributed by atoms with E-state index in [1.807, 2.05) is 0 Å². The van der Waals surface area contributed by atoms with E-state index < -0.39 is 0 Å². The first-order chi connectivity index (χ1) is 10.2. The monoisotopic (exact) mass is 288 g/mol. The zero-order valence-electron chi connectivity index (χ0n) is 11.3. The molecule has 2 rings (SSSR count). The van der Waals surface area contributed by atoms with E-state index >= 15 is 0 Å². The Hall–Kier alpha value is -2.60. The molecule has 0 atom stereocenters. The molecule has 0 saturated heterocycles. The van der Waals surface area contributed by atoms with Crippen LogP contribution in [0.5, 0.6) is 0 Å². The van der Waals surface area contributed by atoms with Crippen LogP contribution >= 0.6 is 0 Å². The molecule has 2 amide bonds. The van der Waals surface area contributed by atoms with Crippen LogP contribution in [0.15, 0.2) is 47.1 Å². The molecule has 0 aliphatic heterocycles. The van der Waals surface area contributed by atoms with Gasteiger partial charge < -0.3 is 20.2 Å². The Morgan fingerprint density at radius 3 is 2.29 bits per heavy atom. The van der Waals surface area contributed by atoms with Crippen LogP contribution in [0.3, 0.4) is 0 Å². The van der Waals surface area contributed by atoms with Gasteiger partial charge in [-0.3, -0.25) is 9.59 Å². The Bertz CT molecular complexity index is 591. The highest BCUT2D eigenvalue weighted by Crippen LogP contribution is 2.15. The van der Waals surface area contributed by atoms with Gasteiger partial charge in [0.2, 0.25) is 5.91 Å². The Morgan fingerprint density at radius 2 is 1.71 bits per heavy atom. The Labute approximate surface area is 121 Å². The highest BCUT2D eigenvalue weighted by molar-refractivity contribution is 6.02. The van der Waals surface area contributed by atoms with Gasteiger partial charge in [-0.25, -0.2) is 0 Å². The maximum absolute atomic E-state index is 11.8. The number of hydrogen-bond donors (Lipinski definition) is 3. The summed E-state index contributed by atoms with van der Waals surface area (Å²) in [6, 6.07) is 9.96. The molecule has 0 spiro atoms. The fraction of sp³-hybridized carbons (Fsp3) is 0.200. The number of amides is 2. The van der Waals surface area contributed by atoms with E-state index in [2.05, 4.69) is 10.6 Å². The Balaban J connectivity index is 1.90. The second kappa shape index (κ2) is 7.25. The summed E-state index contributed by atoms with van der Waals surface area (Å²) in [6.45, 7) is -0.00876. The summed E-state index contributed by atoms with van der Waals surface area (Å²) in [7, 11) is 0. The molecule has 3 N–H and O–H groups in total. The molecular weight excluding hydrogens is 272 g/mol. The molecular formula is C15H16N2O4. The van der Waals surface area contributed by atoms with E-state index in [-0.39, 0.29) is 30.6 Å². The number of benzene rings is 1. The number of carbonyl (C=O) groups is 2. The SMILES string of the molecule is O=C(CCCO)Nc1ccc(NC(=O)c2ccco2)cc1. The van der Waals surface area contributed by atoms with Crippen LogP contribution in [0, 0.1) is 0 Å². The van der Waals surface area contributed by atoms with E-state index in [0.717, 1.165) is 0 Å². The normalized spacial score (nSPS) is 10.1. The molecule has 0 unspecified atom stereocenters. The molecule has 0 aliphatic carbocycles. The van der Waals surface area contributed by atoms with Crippen molar-refractivity contribution in [3.63, 3.8) is 0 Å². The maximum Gasteiger partial charge on any atom is 0.291 e. The van der Waals surface area contributed by atoms with Crippen molar-refractivity contribution in [1.82, 2.24) is 0 Å². The fourth-order valence-electron chi connectivity index (χ4n) is 1.70. The predicted molar refractivity (Wildman–Crippen MR) is 78.1 cm³/mol. The van der Waals surface area contributed by atoms with Crippen LogP contribution in [0.1, 0.15) is 23.4 Å². The summed E-state index contributed by atoms with van der Waals surface area (Å²) < 4.78 is 4.99. The quantitative estimate of drug-likeness (QED) is 0.760. The van der Waals surface area contributed by atoms with E-state index in [1.54, 1.807) is 36.4 Å². The summed E-state index contributed by atoms with van der Waals surface area (Å²) in [5.41, 5.74) is 1.23. The number of rotatable bonds is 6. The largest absolute Gasteiger partial charge is 0.459 e. The van der Waals surface area contributed by atoms with Gasteiger partial charge in [0, 0.05) is 24.4 Å². The summed E-state index contributed by atoms with van der Waals surface area (Å²) in [4.78, 5) is 23.2. The lowest BCUT2D eigenvalue weighted by atomic mass is 10.2. The first kappa shape index (κ1) is 14.8. The Morgan fingerprint density at radius 1 is 1.05 bits per heavy atom. The molecule has 1 heterocycles. The van der Waals surface area contributed by atoms with Gasteiger partial charge in [0.15, 0.2) is 5.76 Å². The van der Waals surface area contributed by atoms with Gasteiger partial charge in [-0.15, -0.1) is 0 Å². The molecule has 0 fully saturated rings. The summed E-state index contributed by atoms with van der Waals surface area (Å²) in [5, 5.41) is 14.0. The minimum Gasteiger partial charge on any atom is -0.459 e. The van der Waals surface area contributed by atoms with Crippen molar-refractivity contribution >= 4 is 23.2 Å². The number of nitrogens with one attached hydrogen (secondary N) is 2. The molecule has 0 aliphatic rings. The minimum absolute atomic E-state index is 0.00876. The third kappa shape index (κ3) is 4.47. The number of furan rings is 1. The average Bonchev–Trinajstić information content (AvgIpc) is 3.01. The highest BCUT2D eigenvalue weighted by atomic mass is 16.3. The molecule has 1 aromatic carbocycles. The minimum atomic E-state index is -0.334. The van der Waals surface area contributed by atoms with Crippen LogP contribution in [0.2, 0.25) is 0 Å². The third-order valence-electron chi connectivity index (χ3n) is 2.73. The molecule has 0 saturated carbocycles. The van der Waals surface area contributed by atoms with Crippen molar-refractivity contribution in [2.45, 2.75) is 12.8 Å². The van der Waals surface area contributed by atoms with E-state index in [4.69, 9.17) is 9.52 Å². The summed E-state index contributed by atoms with van der Waals surface area (Å²) in [5.74, 6) is -0.257. The van der Waals surface area contributed by atoms with Crippen LogP contribution < -0.4 is 10.6 Å². The smallest absolute Gasteiger partial charge is 0.291 e. The van der Waals surface area contributed by atoms with Gasteiger partial charge in [0.25, 0.3) is 5.91 Å². The van der Waals surface area contributed by atoms with Gasteiger partial charge in [-0.05, 0) is 42.8 Å². The molecule has 2 aromatic rings. The highest BCUT2D eigenvalue weighted by Gasteiger charge is 2.08. The van der Waals surface area contributed by atoms with E-state index in [9.17, 15) is 9.59 Å². The van der Waals surface area contributed by atoms with Crippen LogP contribution in [0.25, 0.3) is 0 Å². The molecule has 6 heteroatoms. The molecule has 1 aromatic heterocycles. The topological polar surface area (TPSA) is 91.6 Å². The number of aliphatic hydroxyl groups excluding tert-OH is 1. The maximum atomic E-state index is 11.8. The molecule has 0 bridgehead atoms. The lowest BCUT2D eigenvalue weighted by Crippen LogP contribution is -2.12. The van der Waals surface area contributed by atoms with E-state index in [0.29, 0.717) is 17.8 Å². The van der Waals surface area contributed by atoms with Crippen molar-refractivity contribution < 1.29 is 19.1 Å². The fourth-order valence-corrected chi connectivity index (χ4v) is 1.70. The molecule has 110 valence electrons. The van der Waals surface area contributed by atoms with E-state index in [1.165, 1.54) is 6.26 Å². The van der Waals surface area contributed by atoms with Crippen molar-refractivity contribution in [2.24, 2.45) is 0 Å². The third-order valence-corrected chi connectivity index (χ3v) is 2.73. The summed E-state index contributed by atoms with van der Waals surface area (Å²) in [6.07, 6.45) is 2.14. The number of anilines is 2. The Kier molecular flexibility index (Phi) is 5.11. The average molecular weight is 288 g/mol. The van der Waals surface area contributed by atoms with Crippen LogP contribution in [0.4, 0.5) is 11.4 Å². The van der Waals surface area contributed by atoms with Crippen LogP contribution in [-0.4, -0.2) is 23.5 Å². The zero-order chi connectivity index (χ0) is 15.1. The standard InChI is InChI=1S/C15H16N2O4/c18-9-1-4-14(19)16-11-5-7-12(8-6-11)17-15(20)13-3-2-10-21-13/h2-3,5-8,10,18H,1,4,9H2,(H,16,19)(H,17,20). The van der Waals surface area contributed by atoms with Gasteiger partial charge in [-0.1, -0.05) is 0 Å². The first-order valence-electron chi connectivity index (χ1n) is 6.54. The zero-order valence-corrected chi connectivity index (χ0v) is 11.3. The van der Waals surface area contributed by atoms with Crippen molar-refractivity contribution in [3.05, 3.63) is 48.4 Å². The second-order valence-electron chi connectivity index (χ2n) is 4.38. The van der Waals surface area contributed by atoms with Crippen LogP contribution in [-0.2, 0) is 4.79 Å². The molecule has 6 nitrogen and oxygen atoms in total.